The van der Waals surface area contributed by atoms with E-state index in [0.717, 1.165) is 12.8 Å². The van der Waals surface area contributed by atoms with E-state index in [1.54, 1.807) is 4.90 Å². The number of rotatable bonds is 4. The lowest BCUT2D eigenvalue weighted by molar-refractivity contribution is 0.0595. The Bertz CT molecular complexity index is 536. The topological polar surface area (TPSA) is 73.1 Å². The van der Waals surface area contributed by atoms with Crippen LogP contribution in [0.2, 0.25) is 5.15 Å². The Hall–Kier alpha value is -1.71. The molecule has 7 heteroatoms. The highest BCUT2D eigenvalue weighted by Gasteiger charge is 2.26. The van der Waals surface area contributed by atoms with Crippen molar-refractivity contribution in [2.45, 2.75) is 25.8 Å². The first-order valence-corrected chi connectivity index (χ1v) is 7.44. The first-order valence-electron chi connectivity index (χ1n) is 7.06. The second kappa shape index (κ2) is 7.34. The number of carbonyl (C=O) groups is 1. The maximum absolute atomic E-state index is 12.3. The molecule has 0 radical (unpaired) electrons. The third-order valence-corrected chi connectivity index (χ3v) is 3.76. The van der Waals surface area contributed by atoms with Gasteiger partial charge in [-0.25, -0.2) is 4.98 Å². The molecule has 1 unspecified atom stereocenters. The van der Waals surface area contributed by atoms with Gasteiger partial charge in [0.15, 0.2) is 0 Å². The number of halogens is 1. The van der Waals surface area contributed by atoms with Gasteiger partial charge >= 0.3 is 0 Å². The fourth-order valence-corrected chi connectivity index (χ4v) is 2.59. The summed E-state index contributed by atoms with van der Waals surface area (Å²) < 4.78 is 0. The molecule has 0 aliphatic carbocycles. The van der Waals surface area contributed by atoms with Gasteiger partial charge in [-0.15, -0.1) is 0 Å². The lowest BCUT2D eigenvalue weighted by atomic mass is 10.1. The van der Waals surface area contributed by atoms with E-state index in [0.29, 0.717) is 26.2 Å². The molecule has 0 spiro atoms. The minimum Gasteiger partial charge on any atom is -0.335 e. The van der Waals surface area contributed by atoms with Crippen molar-refractivity contribution >= 4 is 17.5 Å². The highest BCUT2D eigenvalue weighted by Crippen LogP contribution is 2.13. The first-order chi connectivity index (χ1) is 10.2. The average molecular weight is 308 g/mol. The molecule has 1 amide bonds. The lowest BCUT2D eigenvalue weighted by Gasteiger charge is -2.36. The molecular weight excluding hydrogens is 290 g/mol. The molecule has 112 valence electrons. The Kier molecular flexibility index (Phi) is 5.48. The van der Waals surface area contributed by atoms with E-state index in [4.69, 9.17) is 11.6 Å². The van der Waals surface area contributed by atoms with Gasteiger partial charge < -0.3 is 4.90 Å². The van der Waals surface area contributed by atoms with Crippen LogP contribution in [-0.2, 0) is 0 Å². The Morgan fingerprint density at radius 1 is 1.43 bits per heavy atom. The minimum atomic E-state index is -0.159. The van der Waals surface area contributed by atoms with Crippen molar-refractivity contribution in [1.82, 2.24) is 19.8 Å². The van der Waals surface area contributed by atoms with Crippen molar-refractivity contribution in [3.63, 3.8) is 0 Å². The standard InChI is InChI=1S/C14H18ClN5O/c1-2-3-11(8-16)19-4-6-20(7-5-19)14(21)12-9-17-10-13(15)18-12/h9-11H,2-7H2,1H3. The van der Waals surface area contributed by atoms with E-state index >= 15 is 0 Å². The normalized spacial score (nSPS) is 17.3. The van der Waals surface area contributed by atoms with Crippen LogP contribution in [0.25, 0.3) is 0 Å². The maximum atomic E-state index is 12.3. The van der Waals surface area contributed by atoms with Crippen LogP contribution in [0.4, 0.5) is 0 Å². The summed E-state index contributed by atoms with van der Waals surface area (Å²) in [5.74, 6) is -0.159. The zero-order valence-electron chi connectivity index (χ0n) is 12.0. The van der Waals surface area contributed by atoms with Gasteiger partial charge in [-0.05, 0) is 6.42 Å². The smallest absolute Gasteiger partial charge is 0.274 e. The largest absolute Gasteiger partial charge is 0.335 e. The number of carbonyl (C=O) groups excluding carboxylic acids is 1. The molecule has 1 saturated heterocycles. The average Bonchev–Trinajstić information content (AvgIpc) is 2.52. The molecule has 0 N–H and O–H groups in total. The van der Waals surface area contributed by atoms with Crippen LogP contribution in [0.5, 0.6) is 0 Å². The number of amides is 1. The number of hydrogen-bond acceptors (Lipinski definition) is 5. The molecule has 0 saturated carbocycles. The molecule has 21 heavy (non-hydrogen) atoms. The van der Waals surface area contributed by atoms with E-state index < -0.39 is 0 Å². The predicted octanol–water partition coefficient (Wildman–Crippen LogP) is 1.58. The molecule has 1 aliphatic heterocycles. The highest BCUT2D eigenvalue weighted by atomic mass is 35.5. The summed E-state index contributed by atoms with van der Waals surface area (Å²) >= 11 is 5.76. The molecule has 0 aromatic carbocycles. The van der Waals surface area contributed by atoms with Crippen LogP contribution >= 0.6 is 11.6 Å². The van der Waals surface area contributed by atoms with Crippen LogP contribution in [-0.4, -0.2) is 57.9 Å². The summed E-state index contributed by atoms with van der Waals surface area (Å²) in [5, 5.41) is 9.40. The van der Waals surface area contributed by atoms with E-state index in [-0.39, 0.29) is 22.8 Å². The summed E-state index contributed by atoms with van der Waals surface area (Å²) in [6.07, 6.45) is 4.67. The van der Waals surface area contributed by atoms with Gasteiger partial charge in [0.25, 0.3) is 5.91 Å². The molecule has 2 rings (SSSR count). The van der Waals surface area contributed by atoms with E-state index in [1.165, 1.54) is 12.4 Å². The van der Waals surface area contributed by atoms with Crippen LogP contribution in [0.1, 0.15) is 30.3 Å². The van der Waals surface area contributed by atoms with E-state index in [1.807, 2.05) is 0 Å². The fourth-order valence-electron chi connectivity index (χ4n) is 2.45. The molecule has 0 bridgehead atoms. The SMILES string of the molecule is CCCC(C#N)N1CCN(C(=O)c2cncc(Cl)n2)CC1. The summed E-state index contributed by atoms with van der Waals surface area (Å²) in [4.78, 5) is 24.1. The zero-order valence-corrected chi connectivity index (χ0v) is 12.8. The van der Waals surface area contributed by atoms with Crippen LogP contribution in [0.3, 0.4) is 0 Å². The van der Waals surface area contributed by atoms with Gasteiger partial charge in [0.2, 0.25) is 0 Å². The van der Waals surface area contributed by atoms with Gasteiger partial charge in [-0.3, -0.25) is 14.7 Å². The number of aromatic nitrogens is 2. The summed E-state index contributed by atoms with van der Waals surface area (Å²) in [7, 11) is 0. The van der Waals surface area contributed by atoms with Crippen molar-refractivity contribution in [3.05, 3.63) is 23.2 Å². The van der Waals surface area contributed by atoms with Crippen molar-refractivity contribution in [3.8, 4) is 6.07 Å². The summed E-state index contributed by atoms with van der Waals surface area (Å²) in [5.41, 5.74) is 0.265. The maximum Gasteiger partial charge on any atom is 0.274 e. The van der Waals surface area contributed by atoms with Crippen LogP contribution in [0, 0.1) is 11.3 Å². The van der Waals surface area contributed by atoms with Crippen LogP contribution in [0.15, 0.2) is 12.4 Å². The first kappa shape index (κ1) is 15.7. The highest BCUT2D eigenvalue weighted by molar-refractivity contribution is 6.29. The summed E-state index contributed by atoms with van der Waals surface area (Å²) in [6.45, 7) is 4.67. The molecule has 6 nitrogen and oxygen atoms in total. The van der Waals surface area contributed by atoms with Gasteiger partial charge in [-0.1, -0.05) is 24.9 Å². The van der Waals surface area contributed by atoms with Crippen LogP contribution < -0.4 is 0 Å². The van der Waals surface area contributed by atoms with Crippen molar-refractivity contribution < 1.29 is 4.79 Å². The van der Waals surface area contributed by atoms with Crippen molar-refractivity contribution in [2.24, 2.45) is 0 Å². The van der Waals surface area contributed by atoms with Gasteiger partial charge in [-0.2, -0.15) is 5.26 Å². The van der Waals surface area contributed by atoms with Crippen molar-refractivity contribution in [1.29, 1.82) is 5.26 Å². The molecule has 1 atom stereocenters. The van der Waals surface area contributed by atoms with Gasteiger partial charge in [0.1, 0.15) is 10.8 Å². The second-order valence-electron chi connectivity index (χ2n) is 4.99. The number of nitriles is 1. The fraction of sp³-hybridized carbons (Fsp3) is 0.571. The Morgan fingerprint density at radius 2 is 2.14 bits per heavy atom. The number of hydrogen-bond donors (Lipinski definition) is 0. The van der Waals surface area contributed by atoms with Gasteiger partial charge in [0, 0.05) is 26.2 Å². The second-order valence-corrected chi connectivity index (χ2v) is 5.38. The third-order valence-electron chi connectivity index (χ3n) is 3.58. The van der Waals surface area contributed by atoms with Gasteiger partial charge in [0.05, 0.1) is 24.5 Å². The molecule has 1 fully saturated rings. The molecule has 1 aromatic heterocycles. The molecular formula is C14H18ClN5O. The Balaban J connectivity index is 1.95. The molecule has 1 aliphatic rings. The number of piperazine rings is 1. The quantitative estimate of drug-likeness (QED) is 0.844. The lowest BCUT2D eigenvalue weighted by Crippen LogP contribution is -2.51. The predicted molar refractivity (Wildman–Crippen MR) is 78.8 cm³/mol. The minimum absolute atomic E-state index is 0.0572. The Morgan fingerprint density at radius 3 is 2.71 bits per heavy atom. The molecule has 1 aromatic rings. The zero-order chi connectivity index (χ0) is 15.2. The van der Waals surface area contributed by atoms with Crippen molar-refractivity contribution in [2.75, 3.05) is 26.2 Å². The molecule has 2 heterocycles. The third kappa shape index (κ3) is 3.90. The monoisotopic (exact) mass is 307 g/mol. The number of nitrogens with zero attached hydrogens (tertiary/aromatic N) is 5. The Labute approximate surface area is 129 Å². The summed E-state index contributed by atoms with van der Waals surface area (Å²) in [6, 6.07) is 2.28. The van der Waals surface area contributed by atoms with E-state index in [2.05, 4.69) is 27.9 Å². The van der Waals surface area contributed by atoms with E-state index in [9.17, 15) is 10.1 Å².